The maximum absolute atomic E-state index is 12.3. The number of carbonyl (C=O) groups excluding carboxylic acids is 1. The summed E-state index contributed by atoms with van der Waals surface area (Å²) in [5.74, 6) is 0.469. The van der Waals surface area contributed by atoms with Gasteiger partial charge in [0, 0.05) is 17.6 Å². The van der Waals surface area contributed by atoms with Crippen molar-refractivity contribution in [2.75, 3.05) is 19.5 Å². The van der Waals surface area contributed by atoms with E-state index in [2.05, 4.69) is 30.8 Å². The van der Waals surface area contributed by atoms with E-state index in [4.69, 9.17) is 4.74 Å². The zero-order valence-electron chi connectivity index (χ0n) is 14.7. The van der Waals surface area contributed by atoms with Gasteiger partial charge in [-0.3, -0.25) is 9.69 Å². The molecule has 0 saturated heterocycles. The topological polar surface area (TPSA) is 80.2 Å². The van der Waals surface area contributed by atoms with Crippen LogP contribution in [0.4, 0.5) is 5.69 Å². The molecule has 136 valence electrons. The minimum Gasteiger partial charge on any atom is -0.497 e. The SMILES string of the molecule is COc1ccc(NC(=O)c2nnc(CN(C)Cc3csc(C)n3)s2)cc1. The zero-order valence-corrected chi connectivity index (χ0v) is 16.4. The molecule has 3 rings (SSSR count). The molecule has 0 radical (unpaired) electrons. The summed E-state index contributed by atoms with van der Waals surface area (Å²) in [5, 5.41) is 15.2. The second-order valence-electron chi connectivity index (χ2n) is 5.71. The number of thiazole rings is 1. The number of nitrogens with zero attached hydrogens (tertiary/aromatic N) is 4. The van der Waals surface area contributed by atoms with Crippen LogP contribution in [0.15, 0.2) is 29.6 Å². The second kappa shape index (κ2) is 8.35. The van der Waals surface area contributed by atoms with Crippen LogP contribution in [0.25, 0.3) is 0 Å². The van der Waals surface area contributed by atoms with Crippen molar-refractivity contribution in [3.63, 3.8) is 0 Å². The number of ether oxygens (including phenoxy) is 1. The number of benzene rings is 1. The number of carbonyl (C=O) groups is 1. The monoisotopic (exact) mass is 389 g/mol. The van der Waals surface area contributed by atoms with Gasteiger partial charge in [-0.25, -0.2) is 4.98 Å². The third-order valence-electron chi connectivity index (χ3n) is 3.51. The fourth-order valence-corrected chi connectivity index (χ4v) is 3.73. The molecule has 7 nitrogen and oxygen atoms in total. The van der Waals surface area contributed by atoms with Crippen LogP contribution in [0.5, 0.6) is 5.75 Å². The summed E-state index contributed by atoms with van der Waals surface area (Å²) in [6.07, 6.45) is 0. The van der Waals surface area contributed by atoms with Crippen molar-refractivity contribution in [3.8, 4) is 5.75 Å². The Labute approximate surface area is 159 Å². The Hall–Kier alpha value is -2.36. The summed E-state index contributed by atoms with van der Waals surface area (Å²) in [6.45, 7) is 3.34. The number of rotatable bonds is 7. The lowest BCUT2D eigenvalue weighted by Crippen LogP contribution is -2.17. The van der Waals surface area contributed by atoms with Gasteiger partial charge in [0.15, 0.2) is 0 Å². The number of aryl methyl sites for hydroxylation is 1. The summed E-state index contributed by atoms with van der Waals surface area (Å²) in [5.41, 5.74) is 1.72. The van der Waals surface area contributed by atoms with Crippen LogP contribution in [0.1, 0.15) is 25.5 Å². The summed E-state index contributed by atoms with van der Waals surface area (Å²) in [4.78, 5) is 18.9. The van der Waals surface area contributed by atoms with Crippen molar-refractivity contribution in [3.05, 3.63) is 50.4 Å². The summed E-state index contributed by atoms with van der Waals surface area (Å²) >= 11 is 2.93. The standard InChI is InChI=1S/C17H19N5O2S2/c1-11-18-13(10-25-11)8-22(2)9-15-20-21-17(26-15)16(23)19-12-4-6-14(24-3)7-5-12/h4-7,10H,8-9H2,1-3H3,(H,19,23). The third kappa shape index (κ3) is 4.84. The Kier molecular flexibility index (Phi) is 5.92. The first-order valence-electron chi connectivity index (χ1n) is 7.91. The second-order valence-corrected chi connectivity index (χ2v) is 7.84. The Morgan fingerprint density at radius 2 is 2.00 bits per heavy atom. The molecule has 0 aliphatic heterocycles. The molecule has 26 heavy (non-hydrogen) atoms. The van der Waals surface area contributed by atoms with Gasteiger partial charge in [-0.15, -0.1) is 21.5 Å². The number of nitrogens with one attached hydrogen (secondary N) is 1. The summed E-state index contributed by atoms with van der Waals surface area (Å²) in [7, 11) is 3.59. The Balaban J connectivity index is 1.56. The van der Waals surface area contributed by atoms with E-state index in [1.807, 2.05) is 14.0 Å². The average Bonchev–Trinajstić information content (AvgIpc) is 3.24. The first kappa shape index (κ1) is 18.4. The number of amides is 1. The molecule has 1 aromatic carbocycles. The van der Waals surface area contributed by atoms with Gasteiger partial charge in [-0.2, -0.15) is 0 Å². The lowest BCUT2D eigenvalue weighted by Gasteiger charge is -2.12. The summed E-state index contributed by atoms with van der Waals surface area (Å²) in [6, 6.07) is 7.14. The average molecular weight is 390 g/mol. The number of methoxy groups -OCH3 is 1. The quantitative estimate of drug-likeness (QED) is 0.668. The van der Waals surface area contributed by atoms with Crippen LogP contribution in [0.3, 0.4) is 0 Å². The van der Waals surface area contributed by atoms with Crippen molar-refractivity contribution < 1.29 is 9.53 Å². The van der Waals surface area contributed by atoms with Gasteiger partial charge in [0.05, 0.1) is 24.4 Å². The molecule has 1 N–H and O–H groups in total. The van der Waals surface area contributed by atoms with E-state index in [0.717, 1.165) is 28.0 Å². The highest BCUT2D eigenvalue weighted by molar-refractivity contribution is 7.13. The Morgan fingerprint density at radius 1 is 1.23 bits per heavy atom. The highest BCUT2D eigenvalue weighted by atomic mass is 32.1. The van der Waals surface area contributed by atoms with Crippen LogP contribution in [0, 0.1) is 6.92 Å². The van der Waals surface area contributed by atoms with Crippen molar-refractivity contribution in [1.82, 2.24) is 20.1 Å². The number of hydrogen-bond acceptors (Lipinski definition) is 8. The molecule has 0 saturated carbocycles. The molecular weight excluding hydrogens is 370 g/mol. The predicted octanol–water partition coefficient (Wildman–Crippen LogP) is 3.20. The minimum atomic E-state index is -0.267. The smallest absolute Gasteiger partial charge is 0.286 e. The van der Waals surface area contributed by atoms with Crippen LogP contribution < -0.4 is 10.1 Å². The molecule has 0 fully saturated rings. The van der Waals surface area contributed by atoms with Gasteiger partial charge in [0.25, 0.3) is 5.91 Å². The first-order valence-corrected chi connectivity index (χ1v) is 9.60. The van der Waals surface area contributed by atoms with E-state index in [0.29, 0.717) is 17.2 Å². The van der Waals surface area contributed by atoms with Crippen LogP contribution in [0.2, 0.25) is 0 Å². The number of hydrogen-bond donors (Lipinski definition) is 1. The third-order valence-corrected chi connectivity index (χ3v) is 5.24. The molecule has 9 heteroatoms. The van der Waals surface area contributed by atoms with E-state index in [-0.39, 0.29) is 5.91 Å². The van der Waals surface area contributed by atoms with E-state index < -0.39 is 0 Å². The molecule has 0 aliphatic rings. The van der Waals surface area contributed by atoms with Gasteiger partial charge >= 0.3 is 0 Å². The zero-order chi connectivity index (χ0) is 18.5. The molecule has 0 spiro atoms. The maximum atomic E-state index is 12.3. The van der Waals surface area contributed by atoms with Crippen molar-refractivity contribution >= 4 is 34.3 Å². The Morgan fingerprint density at radius 3 is 2.65 bits per heavy atom. The molecule has 0 bridgehead atoms. The Bertz CT molecular complexity index is 875. The van der Waals surface area contributed by atoms with E-state index in [1.165, 1.54) is 11.3 Å². The van der Waals surface area contributed by atoms with Gasteiger partial charge in [0.2, 0.25) is 5.01 Å². The fraction of sp³-hybridized carbons (Fsp3) is 0.294. The number of anilines is 1. The van der Waals surface area contributed by atoms with Gasteiger partial charge in [0.1, 0.15) is 10.8 Å². The van der Waals surface area contributed by atoms with Gasteiger partial charge in [-0.1, -0.05) is 11.3 Å². The highest BCUT2D eigenvalue weighted by Crippen LogP contribution is 2.18. The molecule has 0 unspecified atom stereocenters. The minimum absolute atomic E-state index is 0.267. The molecule has 3 aromatic rings. The van der Waals surface area contributed by atoms with Crippen molar-refractivity contribution in [1.29, 1.82) is 0 Å². The molecule has 0 atom stereocenters. The highest BCUT2D eigenvalue weighted by Gasteiger charge is 2.15. The van der Waals surface area contributed by atoms with Crippen LogP contribution in [-0.4, -0.2) is 40.1 Å². The fourth-order valence-electron chi connectivity index (χ4n) is 2.31. The molecule has 1 amide bonds. The van der Waals surface area contributed by atoms with Crippen molar-refractivity contribution in [2.24, 2.45) is 0 Å². The lowest BCUT2D eigenvalue weighted by atomic mass is 10.3. The van der Waals surface area contributed by atoms with Gasteiger partial charge in [-0.05, 0) is 38.2 Å². The molecule has 2 heterocycles. The normalized spacial score (nSPS) is 10.9. The largest absolute Gasteiger partial charge is 0.497 e. The number of aromatic nitrogens is 3. The lowest BCUT2D eigenvalue weighted by molar-refractivity contribution is 0.102. The summed E-state index contributed by atoms with van der Waals surface area (Å²) < 4.78 is 5.10. The van der Waals surface area contributed by atoms with Crippen LogP contribution >= 0.6 is 22.7 Å². The van der Waals surface area contributed by atoms with Crippen LogP contribution in [-0.2, 0) is 13.1 Å². The van der Waals surface area contributed by atoms with Crippen molar-refractivity contribution in [2.45, 2.75) is 20.0 Å². The van der Waals surface area contributed by atoms with E-state index in [1.54, 1.807) is 42.7 Å². The van der Waals surface area contributed by atoms with Gasteiger partial charge < -0.3 is 10.1 Å². The molecular formula is C17H19N5O2S2. The van der Waals surface area contributed by atoms with E-state index in [9.17, 15) is 4.79 Å². The van der Waals surface area contributed by atoms with E-state index >= 15 is 0 Å². The molecule has 0 aliphatic carbocycles. The maximum Gasteiger partial charge on any atom is 0.286 e. The first-order chi connectivity index (χ1) is 12.5. The molecule has 2 aromatic heterocycles. The predicted molar refractivity (Wildman–Crippen MR) is 103 cm³/mol.